The molecule has 1 saturated heterocycles. The second-order valence-corrected chi connectivity index (χ2v) is 9.56. The van der Waals surface area contributed by atoms with E-state index in [-0.39, 0.29) is 23.2 Å². The van der Waals surface area contributed by atoms with Gasteiger partial charge < -0.3 is 9.80 Å². The second-order valence-electron chi connectivity index (χ2n) is 7.41. The second kappa shape index (κ2) is 8.51. The molecule has 2 aromatic carbocycles. The number of nitrogens with zero attached hydrogens (tertiary/aromatic N) is 3. The number of sulfonamides is 1. The van der Waals surface area contributed by atoms with Crippen LogP contribution in [-0.2, 0) is 16.6 Å². The Kier molecular flexibility index (Phi) is 6.24. The normalized spacial score (nSPS) is 14.4. The first-order chi connectivity index (χ1) is 13.7. The van der Waals surface area contributed by atoms with E-state index in [1.54, 1.807) is 31.3 Å². The van der Waals surface area contributed by atoms with Crippen LogP contribution in [-0.4, -0.2) is 57.8 Å². The third-order valence-electron chi connectivity index (χ3n) is 5.14. The molecule has 0 radical (unpaired) electrons. The highest BCUT2D eigenvalue weighted by molar-refractivity contribution is 7.89. The summed E-state index contributed by atoms with van der Waals surface area (Å²) in [6, 6.07) is 11.0. The number of benzene rings is 2. The fourth-order valence-corrected chi connectivity index (χ4v) is 4.38. The van der Waals surface area contributed by atoms with Gasteiger partial charge in [0.2, 0.25) is 10.0 Å². The lowest BCUT2D eigenvalue weighted by atomic mass is 10.1. The van der Waals surface area contributed by atoms with Crippen LogP contribution >= 0.6 is 0 Å². The number of amides is 1. The van der Waals surface area contributed by atoms with Crippen LogP contribution in [0.25, 0.3) is 0 Å². The van der Waals surface area contributed by atoms with Crippen molar-refractivity contribution in [1.82, 2.24) is 9.21 Å². The third-order valence-corrected chi connectivity index (χ3v) is 6.95. The van der Waals surface area contributed by atoms with E-state index in [0.29, 0.717) is 16.8 Å². The van der Waals surface area contributed by atoms with Crippen molar-refractivity contribution in [2.45, 2.75) is 24.3 Å². The predicted octanol–water partition coefficient (Wildman–Crippen LogP) is 2.95. The summed E-state index contributed by atoms with van der Waals surface area (Å²) < 4.78 is 40.3. The monoisotopic (exact) mass is 419 g/mol. The van der Waals surface area contributed by atoms with Gasteiger partial charge in [-0.05, 0) is 37.1 Å². The zero-order valence-electron chi connectivity index (χ0n) is 16.9. The molecule has 3 rings (SSSR count). The highest BCUT2D eigenvalue weighted by Crippen LogP contribution is 2.29. The van der Waals surface area contributed by atoms with Crippen molar-refractivity contribution in [1.29, 1.82) is 0 Å². The minimum atomic E-state index is -3.68. The number of carbonyl (C=O) groups is 1. The van der Waals surface area contributed by atoms with Crippen LogP contribution in [0, 0.1) is 5.82 Å². The number of carbonyl (C=O) groups excluding carboxylic acids is 1. The molecule has 0 N–H and O–H groups in total. The van der Waals surface area contributed by atoms with Crippen LogP contribution in [0.2, 0.25) is 0 Å². The Hall–Kier alpha value is -2.45. The van der Waals surface area contributed by atoms with Crippen molar-refractivity contribution in [3.8, 4) is 0 Å². The highest BCUT2D eigenvalue weighted by atomic mass is 32.2. The van der Waals surface area contributed by atoms with Gasteiger partial charge in [-0.25, -0.2) is 17.1 Å². The molecule has 0 aliphatic carbocycles. The first kappa shape index (κ1) is 21.3. The molecule has 2 aromatic rings. The maximum atomic E-state index is 14.0. The van der Waals surface area contributed by atoms with Gasteiger partial charge in [-0.15, -0.1) is 0 Å². The molecule has 0 bridgehead atoms. The van der Waals surface area contributed by atoms with Crippen molar-refractivity contribution in [2.75, 3.05) is 39.1 Å². The maximum absolute atomic E-state index is 14.0. The number of hydrogen-bond acceptors (Lipinski definition) is 4. The first-order valence-electron chi connectivity index (χ1n) is 9.52. The fourth-order valence-electron chi connectivity index (χ4n) is 3.45. The number of hydrogen-bond donors (Lipinski definition) is 0. The van der Waals surface area contributed by atoms with E-state index >= 15 is 0 Å². The van der Waals surface area contributed by atoms with Gasteiger partial charge in [-0.2, -0.15) is 0 Å². The highest BCUT2D eigenvalue weighted by Gasteiger charge is 2.26. The molecule has 0 unspecified atom stereocenters. The van der Waals surface area contributed by atoms with Gasteiger partial charge in [0, 0.05) is 52.0 Å². The van der Waals surface area contributed by atoms with Crippen molar-refractivity contribution >= 4 is 21.6 Å². The van der Waals surface area contributed by atoms with Crippen LogP contribution in [0.5, 0.6) is 0 Å². The molecule has 0 spiro atoms. The van der Waals surface area contributed by atoms with Gasteiger partial charge in [0.25, 0.3) is 5.91 Å². The quantitative estimate of drug-likeness (QED) is 0.722. The van der Waals surface area contributed by atoms with E-state index in [0.717, 1.165) is 30.2 Å². The minimum Gasteiger partial charge on any atom is -0.371 e. The van der Waals surface area contributed by atoms with E-state index in [1.165, 1.54) is 37.2 Å². The third kappa shape index (κ3) is 4.43. The lowest BCUT2D eigenvalue weighted by molar-refractivity contribution is 0.0784. The van der Waals surface area contributed by atoms with Crippen molar-refractivity contribution in [3.63, 3.8) is 0 Å². The van der Waals surface area contributed by atoms with Crippen LogP contribution in [0.4, 0.5) is 10.1 Å². The van der Waals surface area contributed by atoms with Gasteiger partial charge in [-0.3, -0.25) is 4.79 Å². The molecule has 156 valence electrons. The maximum Gasteiger partial charge on any atom is 0.256 e. The van der Waals surface area contributed by atoms with Crippen LogP contribution in [0.15, 0.2) is 47.4 Å². The zero-order chi connectivity index (χ0) is 21.2. The summed E-state index contributed by atoms with van der Waals surface area (Å²) in [6.07, 6.45) is 2.05. The van der Waals surface area contributed by atoms with Gasteiger partial charge in [0.15, 0.2) is 0 Å². The molecule has 1 heterocycles. The molecule has 1 aliphatic rings. The summed E-state index contributed by atoms with van der Waals surface area (Å²) in [5, 5.41) is 0. The summed E-state index contributed by atoms with van der Waals surface area (Å²) in [5.41, 5.74) is 1.43. The van der Waals surface area contributed by atoms with Crippen molar-refractivity contribution < 1.29 is 17.6 Å². The molecule has 0 aromatic heterocycles. The zero-order valence-corrected chi connectivity index (χ0v) is 17.7. The fraction of sp³-hybridized carbons (Fsp3) is 0.381. The molecule has 29 heavy (non-hydrogen) atoms. The van der Waals surface area contributed by atoms with Crippen LogP contribution < -0.4 is 4.90 Å². The van der Waals surface area contributed by atoms with Crippen molar-refractivity contribution in [3.05, 3.63) is 59.4 Å². The predicted molar refractivity (Wildman–Crippen MR) is 111 cm³/mol. The summed E-state index contributed by atoms with van der Waals surface area (Å²) in [5.74, 6) is -0.721. The smallest absolute Gasteiger partial charge is 0.256 e. The Morgan fingerprint density at radius 3 is 2.34 bits per heavy atom. The average Bonchev–Trinajstić information content (AvgIpc) is 3.23. The molecule has 1 aliphatic heterocycles. The molecule has 0 saturated carbocycles. The van der Waals surface area contributed by atoms with E-state index in [1.807, 2.05) is 0 Å². The lowest BCUT2D eigenvalue weighted by Gasteiger charge is -2.25. The Balaban J connectivity index is 1.99. The van der Waals surface area contributed by atoms with Gasteiger partial charge in [0.05, 0.1) is 10.5 Å². The first-order valence-corrected chi connectivity index (χ1v) is 11.0. The van der Waals surface area contributed by atoms with E-state index in [4.69, 9.17) is 0 Å². The largest absolute Gasteiger partial charge is 0.371 e. The summed E-state index contributed by atoms with van der Waals surface area (Å²) in [7, 11) is 0.820. The van der Waals surface area contributed by atoms with Crippen molar-refractivity contribution in [2.24, 2.45) is 0 Å². The molecule has 6 nitrogen and oxygen atoms in total. The summed E-state index contributed by atoms with van der Waals surface area (Å²) >= 11 is 0. The topological polar surface area (TPSA) is 60.9 Å². The molecule has 1 amide bonds. The van der Waals surface area contributed by atoms with Gasteiger partial charge in [-0.1, -0.05) is 18.2 Å². The SMILES string of the molecule is CN(Cc1ccccc1F)C(=O)c1cc(S(=O)(=O)N(C)C)ccc1N1CCCC1. The van der Waals surface area contributed by atoms with Crippen LogP contribution in [0.1, 0.15) is 28.8 Å². The average molecular weight is 420 g/mol. The Bertz CT molecular complexity index is 1000. The Morgan fingerprint density at radius 2 is 1.72 bits per heavy atom. The molecule has 1 fully saturated rings. The number of anilines is 1. The van der Waals surface area contributed by atoms with E-state index in [2.05, 4.69) is 4.90 Å². The molecular formula is C21H26FN3O3S. The number of rotatable bonds is 6. The standard InChI is InChI=1S/C21H26FN3O3S/c1-23(2)29(27,28)17-10-11-20(25-12-6-7-13-25)18(14-17)21(26)24(3)15-16-8-4-5-9-19(16)22/h4-5,8-11,14H,6-7,12-13,15H2,1-3H3. The summed E-state index contributed by atoms with van der Waals surface area (Å²) in [6.45, 7) is 1.73. The Morgan fingerprint density at radius 1 is 1.07 bits per heavy atom. The molecule has 0 atom stereocenters. The van der Waals surface area contributed by atoms with Crippen LogP contribution in [0.3, 0.4) is 0 Å². The Labute approximate surface area is 171 Å². The molecule has 8 heteroatoms. The number of halogens is 1. The van der Waals surface area contributed by atoms with Gasteiger partial charge in [0.1, 0.15) is 5.82 Å². The summed E-state index contributed by atoms with van der Waals surface area (Å²) in [4.78, 5) is 16.8. The van der Waals surface area contributed by atoms with Gasteiger partial charge >= 0.3 is 0 Å². The molecular weight excluding hydrogens is 393 g/mol. The van der Waals surface area contributed by atoms with E-state index in [9.17, 15) is 17.6 Å². The minimum absolute atomic E-state index is 0.0630. The van der Waals surface area contributed by atoms with E-state index < -0.39 is 10.0 Å². The lowest BCUT2D eigenvalue weighted by Crippen LogP contribution is -2.30.